The van der Waals surface area contributed by atoms with Crippen LogP contribution in [0.5, 0.6) is 17.2 Å². The second-order valence-corrected chi connectivity index (χ2v) is 12.0. The molecule has 0 bridgehead atoms. The van der Waals surface area contributed by atoms with Gasteiger partial charge in [0.25, 0.3) is 5.91 Å². The number of carboxylic acids is 1. The molecule has 21 heteroatoms. The van der Waals surface area contributed by atoms with Crippen molar-refractivity contribution in [2.45, 2.75) is 24.8 Å². The third-order valence-electron chi connectivity index (χ3n) is 7.64. The van der Waals surface area contributed by atoms with Crippen molar-refractivity contribution >= 4 is 59.9 Å². The zero-order chi connectivity index (χ0) is 35.6. The van der Waals surface area contributed by atoms with E-state index in [9.17, 15) is 53.1 Å². The van der Waals surface area contributed by atoms with Crippen molar-refractivity contribution in [1.29, 1.82) is 0 Å². The summed E-state index contributed by atoms with van der Waals surface area (Å²) in [5.74, 6) is -9.90. The minimum Gasteiger partial charge on any atom is -0.534 e. The summed E-state index contributed by atoms with van der Waals surface area (Å²) in [4.78, 5) is 69.7. The number of carboxylic acid groups (broad SMARTS) is 1. The molecular formula is C28H26BClF2N6O10S. The molecule has 1 unspecified atom stereocenters. The summed E-state index contributed by atoms with van der Waals surface area (Å²) >= 11 is 7.30. The first-order valence-corrected chi connectivity index (χ1v) is 15.7. The van der Waals surface area contributed by atoms with Crippen LogP contribution in [0, 0.1) is 11.6 Å². The van der Waals surface area contributed by atoms with Crippen LogP contribution in [0.3, 0.4) is 0 Å². The van der Waals surface area contributed by atoms with E-state index in [1.807, 2.05) is 0 Å². The largest absolute Gasteiger partial charge is 0.547 e. The van der Waals surface area contributed by atoms with Crippen LogP contribution in [0.1, 0.15) is 43.7 Å². The molecule has 2 atom stereocenters. The lowest BCUT2D eigenvalue weighted by molar-refractivity contribution is -0.123. The van der Waals surface area contributed by atoms with Crippen LogP contribution in [0.15, 0.2) is 29.8 Å². The summed E-state index contributed by atoms with van der Waals surface area (Å²) in [6, 6.07) is -1.19. The number of imide groups is 1. The fourth-order valence-electron chi connectivity index (χ4n) is 5.21. The van der Waals surface area contributed by atoms with E-state index in [2.05, 4.69) is 20.9 Å². The number of nitrogens with one attached hydrogen (secondary N) is 3. The van der Waals surface area contributed by atoms with Gasteiger partial charge in [-0.05, 0) is 30.5 Å². The lowest BCUT2D eigenvalue weighted by atomic mass is 9.72. The number of thiazole rings is 1. The fraction of sp³-hybridized carbons (Fsp3) is 0.286. The highest BCUT2D eigenvalue weighted by Crippen LogP contribution is 2.40. The third kappa shape index (κ3) is 7.30. The van der Waals surface area contributed by atoms with Gasteiger partial charge in [0.2, 0.25) is 5.91 Å². The van der Waals surface area contributed by atoms with Crippen molar-refractivity contribution in [2.75, 3.05) is 26.2 Å². The molecule has 2 aliphatic heterocycles. The molecule has 6 amide bonds. The maximum absolute atomic E-state index is 14.5. The Labute approximate surface area is 284 Å². The van der Waals surface area contributed by atoms with Gasteiger partial charge in [0.1, 0.15) is 23.2 Å². The molecule has 0 aliphatic carbocycles. The Balaban J connectivity index is 1.30. The number of carbonyl (C=O) groups excluding carboxylic acids is 4. The Bertz CT molecular complexity index is 1820. The average Bonchev–Trinajstić information content (AvgIpc) is 3.73. The zero-order valence-electron chi connectivity index (χ0n) is 25.0. The maximum atomic E-state index is 14.5. The number of amides is 6. The van der Waals surface area contributed by atoms with E-state index in [4.69, 9.17) is 16.3 Å². The molecule has 1 fully saturated rings. The van der Waals surface area contributed by atoms with Crippen molar-refractivity contribution in [3.63, 3.8) is 0 Å². The van der Waals surface area contributed by atoms with E-state index in [1.54, 1.807) is 5.38 Å². The predicted molar refractivity (Wildman–Crippen MR) is 166 cm³/mol. The minimum absolute atomic E-state index is 0.100. The third-order valence-corrected chi connectivity index (χ3v) is 8.81. The van der Waals surface area contributed by atoms with Gasteiger partial charge >= 0.3 is 25.1 Å². The van der Waals surface area contributed by atoms with E-state index in [0.717, 1.165) is 22.3 Å². The van der Waals surface area contributed by atoms with Crippen molar-refractivity contribution in [1.82, 2.24) is 30.7 Å². The number of rotatable bonds is 10. The summed E-state index contributed by atoms with van der Waals surface area (Å²) in [6.45, 7) is 0.339. The van der Waals surface area contributed by atoms with Crippen LogP contribution in [-0.2, 0) is 11.2 Å². The number of hydrogen-bond acceptors (Lipinski definition) is 11. The first-order chi connectivity index (χ1) is 23.3. The number of phenols is 2. The first kappa shape index (κ1) is 35.1. The monoisotopic (exact) mass is 722 g/mol. The van der Waals surface area contributed by atoms with Gasteiger partial charge in [-0.25, -0.2) is 33.0 Å². The van der Waals surface area contributed by atoms with E-state index in [-0.39, 0.29) is 49.1 Å². The van der Waals surface area contributed by atoms with Crippen molar-refractivity contribution in [3.8, 4) is 17.2 Å². The van der Waals surface area contributed by atoms with Gasteiger partial charge in [-0.1, -0.05) is 17.7 Å². The smallest absolute Gasteiger partial charge is 0.534 e. The van der Waals surface area contributed by atoms with E-state index in [0.29, 0.717) is 12.5 Å². The molecule has 3 heterocycles. The highest BCUT2D eigenvalue weighted by atomic mass is 35.5. The number of phenolic OH excluding ortho intramolecular Hbond substituents is 2. The molecule has 49 heavy (non-hydrogen) atoms. The Morgan fingerprint density at radius 3 is 2.61 bits per heavy atom. The Hall–Kier alpha value is -5.21. The molecular weight excluding hydrogens is 697 g/mol. The molecule has 258 valence electrons. The van der Waals surface area contributed by atoms with Crippen molar-refractivity contribution < 1.29 is 57.8 Å². The van der Waals surface area contributed by atoms with Gasteiger partial charge < -0.3 is 45.8 Å². The molecule has 3 aromatic rings. The highest BCUT2D eigenvalue weighted by Gasteiger charge is 2.42. The molecule has 0 radical (unpaired) electrons. The van der Waals surface area contributed by atoms with Crippen LogP contribution in [0.25, 0.3) is 0 Å². The van der Waals surface area contributed by atoms with Gasteiger partial charge in [-0.3, -0.25) is 9.59 Å². The summed E-state index contributed by atoms with van der Waals surface area (Å²) in [5, 5.41) is 48.4. The zero-order valence-corrected chi connectivity index (χ0v) is 26.6. The van der Waals surface area contributed by atoms with Gasteiger partial charge in [0, 0.05) is 43.3 Å². The number of fused-ring (bicyclic) bond motifs is 1. The van der Waals surface area contributed by atoms with Crippen molar-refractivity contribution in [2.24, 2.45) is 0 Å². The predicted octanol–water partition coefficient (Wildman–Crippen LogP) is 1.63. The van der Waals surface area contributed by atoms with Crippen LogP contribution in [0.2, 0.25) is 5.02 Å². The molecule has 2 aliphatic rings. The summed E-state index contributed by atoms with van der Waals surface area (Å²) in [5.41, 5.74) is -1.27. The van der Waals surface area contributed by atoms with Crippen LogP contribution < -0.4 is 20.6 Å². The second kappa shape index (κ2) is 14.5. The van der Waals surface area contributed by atoms with Crippen LogP contribution >= 0.6 is 22.9 Å². The number of hydrogen-bond donors (Lipinski definition) is 7. The molecule has 7 N–H and O–H groups in total. The van der Waals surface area contributed by atoms with Gasteiger partial charge in [-0.15, -0.1) is 11.3 Å². The van der Waals surface area contributed by atoms with Gasteiger partial charge in [-0.2, -0.15) is 0 Å². The molecule has 2 aromatic carbocycles. The summed E-state index contributed by atoms with van der Waals surface area (Å²) < 4.78 is 33.9. The molecule has 0 spiro atoms. The standard InChI is InChI=1S/C28H26BClF2N6O10S/c30-18-13(11-15(32)20(39)21(18)40)19(23(41)35-16-10-12-2-3-14(31)17(26(43)44)22(12)48-29(16)47)36-27(45)38-8-7-37(28(38)46)6-1-4-33-24(42)25-34-5-9-49-25/h2-3,5,9,11,16,19,39-40,47H,1,4,6-8,10H2,(H,33,42)(H,35,41)(H,36,45)(H,43,44)/t16-,19?/m0/s1. The minimum atomic E-state index is -1.94. The number of aromatic hydroxyl groups is 2. The molecule has 16 nitrogen and oxygen atoms in total. The normalized spacial score (nSPS) is 16.1. The summed E-state index contributed by atoms with van der Waals surface area (Å²) in [6.07, 6.45) is 1.54. The van der Waals surface area contributed by atoms with Crippen LogP contribution in [0.4, 0.5) is 18.4 Å². The lowest BCUT2D eigenvalue weighted by Crippen LogP contribution is -2.56. The highest BCUT2D eigenvalue weighted by molar-refractivity contribution is 7.11. The quantitative estimate of drug-likeness (QED) is 0.0903. The number of aromatic carboxylic acids is 1. The topological polar surface area (TPSA) is 231 Å². The molecule has 5 rings (SSSR count). The Kier molecular flexibility index (Phi) is 10.4. The molecule has 0 saturated carbocycles. The number of halogens is 3. The molecule has 1 aromatic heterocycles. The maximum Gasteiger partial charge on any atom is 0.547 e. The van der Waals surface area contributed by atoms with E-state index < -0.39 is 88.1 Å². The fourth-order valence-corrected chi connectivity index (χ4v) is 6.01. The number of nitrogens with zero attached hydrogens (tertiary/aromatic N) is 3. The Morgan fingerprint density at radius 1 is 1.16 bits per heavy atom. The number of urea groups is 2. The van der Waals surface area contributed by atoms with Crippen molar-refractivity contribution in [3.05, 3.63) is 68.1 Å². The number of carbonyl (C=O) groups is 5. The Morgan fingerprint density at radius 2 is 1.92 bits per heavy atom. The lowest BCUT2D eigenvalue weighted by Gasteiger charge is -2.31. The second-order valence-electron chi connectivity index (χ2n) is 10.8. The first-order valence-electron chi connectivity index (χ1n) is 14.4. The number of aromatic nitrogens is 1. The van der Waals surface area contributed by atoms with E-state index >= 15 is 0 Å². The van der Waals surface area contributed by atoms with Gasteiger partial charge in [0.05, 0.1) is 11.0 Å². The van der Waals surface area contributed by atoms with Gasteiger partial charge in [0.15, 0.2) is 22.3 Å². The number of benzene rings is 2. The molecule has 1 saturated heterocycles. The average molecular weight is 723 g/mol. The van der Waals surface area contributed by atoms with Crippen LogP contribution in [-0.4, -0.2) is 104 Å². The summed E-state index contributed by atoms with van der Waals surface area (Å²) in [7, 11) is -1.92. The SMILES string of the molecule is O=C(NCCCN1CCN(C(=O)NC(C(=O)N[C@H]2Cc3ccc(F)c(C(=O)O)c3OB2O)c2cc(F)c(O)c(O)c2Cl)C1=O)c1nccs1. The van der Waals surface area contributed by atoms with E-state index in [1.165, 1.54) is 17.2 Å².